The Morgan fingerprint density at radius 1 is 1.03 bits per heavy atom. The largest absolute Gasteiger partial charge is 0.493 e. The molecule has 166 valence electrons. The van der Waals surface area contributed by atoms with Crippen LogP contribution in [0.1, 0.15) is 16.7 Å². The van der Waals surface area contributed by atoms with Gasteiger partial charge in [-0.1, -0.05) is 18.2 Å². The zero-order chi connectivity index (χ0) is 21.6. The van der Waals surface area contributed by atoms with Gasteiger partial charge in [-0.05, 0) is 41.3 Å². The highest BCUT2D eigenvalue weighted by molar-refractivity contribution is 5.80. The molecule has 0 atom stereocenters. The number of guanidine groups is 1. The Hall–Kier alpha value is -2.93. The highest BCUT2D eigenvalue weighted by Crippen LogP contribution is 2.33. The lowest BCUT2D eigenvalue weighted by atomic mass is 9.99. The molecule has 7 heteroatoms. The van der Waals surface area contributed by atoms with E-state index in [2.05, 4.69) is 56.5 Å². The Balaban J connectivity index is 1.45. The smallest absolute Gasteiger partial charge is 0.194 e. The summed E-state index contributed by atoms with van der Waals surface area (Å²) in [7, 11) is 5.21. The van der Waals surface area contributed by atoms with Crippen LogP contribution in [0.4, 0.5) is 5.69 Å². The van der Waals surface area contributed by atoms with E-state index in [9.17, 15) is 0 Å². The first kappa shape index (κ1) is 21.3. The average Bonchev–Trinajstić information content (AvgIpc) is 2.84. The van der Waals surface area contributed by atoms with Crippen molar-refractivity contribution < 1.29 is 14.2 Å². The number of nitrogens with zero attached hydrogens (tertiary/aromatic N) is 3. The Bertz CT molecular complexity index is 925. The molecule has 0 aliphatic carbocycles. The SMILES string of the molecule is CN=C(NCc1ccccc1N1CCOCC1)N1CCc2cc(OC)c(OC)cc2C1. The molecule has 2 aromatic rings. The summed E-state index contributed by atoms with van der Waals surface area (Å²) in [4.78, 5) is 9.26. The highest BCUT2D eigenvalue weighted by Gasteiger charge is 2.22. The number of anilines is 1. The van der Waals surface area contributed by atoms with Crippen molar-refractivity contribution in [3.63, 3.8) is 0 Å². The van der Waals surface area contributed by atoms with Crippen molar-refractivity contribution in [2.45, 2.75) is 19.5 Å². The van der Waals surface area contributed by atoms with Crippen LogP contribution in [0.2, 0.25) is 0 Å². The fourth-order valence-corrected chi connectivity index (χ4v) is 4.34. The zero-order valence-corrected chi connectivity index (χ0v) is 18.7. The second-order valence-electron chi connectivity index (χ2n) is 7.78. The first-order chi connectivity index (χ1) is 15.2. The van der Waals surface area contributed by atoms with E-state index in [-0.39, 0.29) is 0 Å². The summed E-state index contributed by atoms with van der Waals surface area (Å²) in [5.41, 5.74) is 5.10. The molecule has 0 bridgehead atoms. The van der Waals surface area contributed by atoms with E-state index in [0.717, 1.165) is 69.8 Å². The predicted octanol–water partition coefficient (Wildman–Crippen LogP) is 2.67. The maximum absolute atomic E-state index is 5.52. The molecule has 0 amide bonds. The fraction of sp³-hybridized carbons (Fsp3) is 0.458. The normalized spacial score (nSPS) is 16.7. The summed E-state index contributed by atoms with van der Waals surface area (Å²) >= 11 is 0. The van der Waals surface area contributed by atoms with Gasteiger partial charge < -0.3 is 29.3 Å². The molecule has 0 spiro atoms. The number of nitrogens with one attached hydrogen (secondary N) is 1. The molecule has 0 unspecified atom stereocenters. The van der Waals surface area contributed by atoms with Gasteiger partial charge in [0.1, 0.15) is 0 Å². The van der Waals surface area contributed by atoms with E-state index in [1.54, 1.807) is 14.2 Å². The standard InChI is InChI=1S/C24H32N4O3/c1-25-24(26-16-19-6-4-5-7-21(19)27-10-12-31-13-11-27)28-9-8-18-14-22(29-2)23(30-3)15-20(18)17-28/h4-7,14-15H,8-13,16-17H2,1-3H3,(H,25,26). The summed E-state index contributed by atoms with van der Waals surface area (Å²) < 4.78 is 16.5. The first-order valence-electron chi connectivity index (χ1n) is 10.8. The van der Waals surface area contributed by atoms with Crippen molar-refractivity contribution >= 4 is 11.6 Å². The molecule has 0 saturated carbocycles. The number of para-hydroxylation sites is 1. The number of morpholine rings is 1. The van der Waals surface area contributed by atoms with Crippen LogP contribution in [0.25, 0.3) is 0 Å². The third kappa shape index (κ3) is 4.71. The van der Waals surface area contributed by atoms with Crippen LogP contribution < -0.4 is 19.7 Å². The van der Waals surface area contributed by atoms with Gasteiger partial charge in [-0.15, -0.1) is 0 Å². The van der Waals surface area contributed by atoms with Gasteiger partial charge in [0.2, 0.25) is 0 Å². The van der Waals surface area contributed by atoms with Crippen molar-refractivity contribution in [2.24, 2.45) is 4.99 Å². The molecule has 2 aromatic carbocycles. The van der Waals surface area contributed by atoms with Crippen LogP contribution in [0.15, 0.2) is 41.4 Å². The lowest BCUT2D eigenvalue weighted by Gasteiger charge is -2.33. The number of methoxy groups -OCH3 is 2. The van der Waals surface area contributed by atoms with Gasteiger partial charge in [-0.3, -0.25) is 4.99 Å². The van der Waals surface area contributed by atoms with Crippen LogP contribution in [-0.2, 0) is 24.2 Å². The minimum Gasteiger partial charge on any atom is -0.493 e. The van der Waals surface area contributed by atoms with Crippen molar-refractivity contribution in [1.82, 2.24) is 10.2 Å². The Morgan fingerprint density at radius 2 is 1.74 bits per heavy atom. The van der Waals surface area contributed by atoms with Gasteiger partial charge in [0.05, 0.1) is 27.4 Å². The summed E-state index contributed by atoms with van der Waals surface area (Å²) in [6.07, 6.45) is 0.945. The van der Waals surface area contributed by atoms with Crippen LogP contribution in [0.3, 0.4) is 0 Å². The third-order valence-corrected chi connectivity index (χ3v) is 6.01. The van der Waals surface area contributed by atoms with Crippen molar-refractivity contribution in [2.75, 3.05) is 59.0 Å². The number of ether oxygens (including phenoxy) is 3. The van der Waals surface area contributed by atoms with Crippen molar-refractivity contribution in [1.29, 1.82) is 0 Å². The topological polar surface area (TPSA) is 58.6 Å². The molecule has 4 rings (SSSR count). The van der Waals surface area contributed by atoms with Gasteiger partial charge >= 0.3 is 0 Å². The number of benzene rings is 2. The van der Waals surface area contributed by atoms with E-state index in [1.165, 1.54) is 22.4 Å². The maximum atomic E-state index is 5.52. The van der Waals surface area contributed by atoms with Crippen molar-refractivity contribution in [3.8, 4) is 11.5 Å². The molecular formula is C24H32N4O3. The number of hydrogen-bond acceptors (Lipinski definition) is 5. The lowest BCUT2D eigenvalue weighted by molar-refractivity contribution is 0.122. The summed E-state index contributed by atoms with van der Waals surface area (Å²) in [5, 5.41) is 3.58. The molecule has 2 heterocycles. The van der Waals surface area contributed by atoms with Gasteiger partial charge in [-0.2, -0.15) is 0 Å². The average molecular weight is 425 g/mol. The summed E-state index contributed by atoms with van der Waals surface area (Å²) in [6, 6.07) is 12.8. The molecule has 31 heavy (non-hydrogen) atoms. The van der Waals surface area contributed by atoms with Crippen LogP contribution in [0.5, 0.6) is 11.5 Å². The van der Waals surface area contributed by atoms with Gasteiger partial charge in [-0.25, -0.2) is 0 Å². The minimum absolute atomic E-state index is 0.732. The Labute approximate surface area is 184 Å². The van der Waals surface area contributed by atoms with Gasteiger partial charge in [0, 0.05) is 45.5 Å². The molecule has 0 radical (unpaired) electrons. The molecule has 2 aliphatic rings. The van der Waals surface area contributed by atoms with Crippen molar-refractivity contribution in [3.05, 3.63) is 53.1 Å². The lowest BCUT2D eigenvalue weighted by Crippen LogP contribution is -2.44. The summed E-state index contributed by atoms with van der Waals surface area (Å²) in [5.74, 6) is 2.47. The minimum atomic E-state index is 0.732. The molecule has 1 fully saturated rings. The van der Waals surface area contributed by atoms with Crippen LogP contribution >= 0.6 is 0 Å². The van der Waals surface area contributed by atoms with E-state index < -0.39 is 0 Å². The quantitative estimate of drug-likeness (QED) is 0.588. The number of fused-ring (bicyclic) bond motifs is 1. The molecule has 2 aliphatic heterocycles. The van der Waals surface area contributed by atoms with Crippen LogP contribution in [-0.4, -0.2) is 65.0 Å². The fourth-order valence-electron chi connectivity index (χ4n) is 4.34. The second-order valence-corrected chi connectivity index (χ2v) is 7.78. The number of aliphatic imine (C=N–C) groups is 1. The second kappa shape index (κ2) is 9.92. The molecule has 7 nitrogen and oxygen atoms in total. The van der Waals surface area contributed by atoms with E-state index in [0.29, 0.717) is 0 Å². The Kier molecular flexibility index (Phi) is 6.82. The predicted molar refractivity (Wildman–Crippen MR) is 123 cm³/mol. The summed E-state index contributed by atoms with van der Waals surface area (Å²) in [6.45, 7) is 5.86. The van der Waals surface area contributed by atoms with Crippen LogP contribution in [0, 0.1) is 0 Å². The van der Waals surface area contributed by atoms with Gasteiger partial charge in [0.15, 0.2) is 17.5 Å². The molecule has 1 saturated heterocycles. The first-order valence-corrected chi connectivity index (χ1v) is 10.8. The van der Waals surface area contributed by atoms with E-state index in [4.69, 9.17) is 14.2 Å². The monoisotopic (exact) mass is 424 g/mol. The maximum Gasteiger partial charge on any atom is 0.194 e. The zero-order valence-electron chi connectivity index (χ0n) is 18.7. The van der Waals surface area contributed by atoms with E-state index in [1.807, 2.05) is 7.05 Å². The highest BCUT2D eigenvalue weighted by atomic mass is 16.5. The molecule has 0 aromatic heterocycles. The number of hydrogen-bond donors (Lipinski definition) is 1. The molecular weight excluding hydrogens is 392 g/mol. The molecule has 1 N–H and O–H groups in total. The Morgan fingerprint density at radius 3 is 2.45 bits per heavy atom. The van der Waals surface area contributed by atoms with Gasteiger partial charge in [0.25, 0.3) is 0 Å². The third-order valence-electron chi connectivity index (χ3n) is 6.01. The van der Waals surface area contributed by atoms with E-state index >= 15 is 0 Å². The number of rotatable bonds is 5.